The van der Waals surface area contributed by atoms with E-state index in [2.05, 4.69) is 12.2 Å². The number of amides is 1. The number of carbonyl (C=O) groups is 1. The summed E-state index contributed by atoms with van der Waals surface area (Å²) in [7, 11) is 0. The van der Waals surface area contributed by atoms with Crippen LogP contribution in [0.4, 0.5) is 4.79 Å². The molecule has 0 aromatic carbocycles. The van der Waals surface area contributed by atoms with Crippen molar-refractivity contribution < 1.29 is 19.4 Å². The van der Waals surface area contributed by atoms with E-state index >= 15 is 0 Å². The van der Waals surface area contributed by atoms with Gasteiger partial charge in [0.1, 0.15) is 6.61 Å². The molecular formula is C9H19NO4. The highest BCUT2D eigenvalue weighted by atomic mass is 16.6. The molecule has 0 heterocycles. The molecular weight excluding hydrogens is 186 g/mol. The molecule has 0 aliphatic heterocycles. The molecule has 0 radical (unpaired) electrons. The van der Waals surface area contributed by atoms with Gasteiger partial charge in [-0.1, -0.05) is 13.3 Å². The molecule has 14 heavy (non-hydrogen) atoms. The van der Waals surface area contributed by atoms with Gasteiger partial charge in [-0.2, -0.15) is 0 Å². The van der Waals surface area contributed by atoms with Gasteiger partial charge in [-0.15, -0.1) is 0 Å². The molecule has 0 aromatic rings. The van der Waals surface area contributed by atoms with Crippen molar-refractivity contribution in [1.29, 1.82) is 0 Å². The van der Waals surface area contributed by atoms with Gasteiger partial charge < -0.3 is 19.9 Å². The molecule has 0 unspecified atom stereocenters. The van der Waals surface area contributed by atoms with E-state index in [1.54, 1.807) is 0 Å². The van der Waals surface area contributed by atoms with Crippen LogP contribution in [0, 0.1) is 0 Å². The normalized spacial score (nSPS) is 9.86. The molecule has 0 aliphatic rings. The van der Waals surface area contributed by atoms with Crippen molar-refractivity contribution in [2.75, 3.05) is 33.0 Å². The highest BCUT2D eigenvalue weighted by Gasteiger charge is 1.99. The van der Waals surface area contributed by atoms with Gasteiger partial charge in [-0.25, -0.2) is 4.79 Å². The van der Waals surface area contributed by atoms with Crippen LogP contribution in [0.1, 0.15) is 19.8 Å². The molecule has 0 aliphatic carbocycles. The molecule has 0 saturated heterocycles. The maximum absolute atomic E-state index is 10.9. The Morgan fingerprint density at radius 3 is 2.79 bits per heavy atom. The highest BCUT2D eigenvalue weighted by molar-refractivity contribution is 5.66. The molecule has 84 valence electrons. The summed E-state index contributed by atoms with van der Waals surface area (Å²) in [5.74, 6) is 0. The Labute approximate surface area is 84.4 Å². The first-order valence-corrected chi connectivity index (χ1v) is 4.90. The topological polar surface area (TPSA) is 67.8 Å². The first-order valence-electron chi connectivity index (χ1n) is 4.90. The minimum absolute atomic E-state index is 0.0112. The van der Waals surface area contributed by atoms with Gasteiger partial charge in [0.2, 0.25) is 0 Å². The fraction of sp³-hybridized carbons (Fsp3) is 0.889. The second-order valence-electron chi connectivity index (χ2n) is 2.75. The summed E-state index contributed by atoms with van der Waals surface area (Å²) in [6.07, 6.45) is 1.58. The number of aliphatic hydroxyl groups is 1. The number of unbranched alkanes of at least 4 members (excludes halogenated alkanes) is 1. The first-order chi connectivity index (χ1) is 6.81. The third-order valence-corrected chi connectivity index (χ3v) is 1.50. The lowest BCUT2D eigenvalue weighted by atomic mass is 10.3. The average Bonchev–Trinajstić information content (AvgIpc) is 2.18. The monoisotopic (exact) mass is 205 g/mol. The Morgan fingerprint density at radius 2 is 2.14 bits per heavy atom. The van der Waals surface area contributed by atoms with Crippen LogP contribution in [0.25, 0.3) is 0 Å². The van der Waals surface area contributed by atoms with Crippen molar-refractivity contribution in [2.24, 2.45) is 0 Å². The predicted octanol–water partition coefficient (Wildman–Crippen LogP) is 0.522. The maximum Gasteiger partial charge on any atom is 0.407 e. The van der Waals surface area contributed by atoms with Crippen LogP contribution in [-0.2, 0) is 9.47 Å². The van der Waals surface area contributed by atoms with E-state index in [0.717, 1.165) is 12.8 Å². The smallest absolute Gasteiger partial charge is 0.407 e. The molecule has 5 heteroatoms. The van der Waals surface area contributed by atoms with E-state index in [9.17, 15) is 4.79 Å². The van der Waals surface area contributed by atoms with Crippen molar-refractivity contribution in [3.8, 4) is 0 Å². The van der Waals surface area contributed by atoms with Crippen molar-refractivity contribution in [3.05, 3.63) is 0 Å². The van der Waals surface area contributed by atoms with Crippen molar-refractivity contribution in [2.45, 2.75) is 19.8 Å². The third-order valence-electron chi connectivity index (χ3n) is 1.50. The second-order valence-corrected chi connectivity index (χ2v) is 2.75. The van der Waals surface area contributed by atoms with Gasteiger partial charge in [0.25, 0.3) is 0 Å². The molecule has 0 saturated carbocycles. The Kier molecular flexibility index (Phi) is 9.68. The Morgan fingerprint density at radius 1 is 1.36 bits per heavy atom. The quantitative estimate of drug-likeness (QED) is 0.567. The van der Waals surface area contributed by atoms with Gasteiger partial charge in [-0.05, 0) is 6.42 Å². The Hall–Kier alpha value is -0.810. The van der Waals surface area contributed by atoms with E-state index in [-0.39, 0.29) is 19.8 Å². The fourth-order valence-corrected chi connectivity index (χ4v) is 0.778. The van der Waals surface area contributed by atoms with E-state index < -0.39 is 6.09 Å². The summed E-state index contributed by atoms with van der Waals surface area (Å²) in [4.78, 5) is 10.9. The summed E-state index contributed by atoms with van der Waals surface area (Å²) >= 11 is 0. The average molecular weight is 205 g/mol. The first kappa shape index (κ1) is 13.2. The Balaban J connectivity index is 3.10. The molecule has 0 bridgehead atoms. The molecule has 0 rings (SSSR count). The summed E-state index contributed by atoms with van der Waals surface area (Å²) in [5, 5.41) is 11.0. The largest absolute Gasteiger partial charge is 0.447 e. The predicted molar refractivity (Wildman–Crippen MR) is 52.2 cm³/mol. The molecule has 0 aromatic heterocycles. The maximum atomic E-state index is 10.9. The van der Waals surface area contributed by atoms with E-state index in [1.165, 1.54) is 0 Å². The van der Waals surface area contributed by atoms with Crippen molar-refractivity contribution in [3.63, 3.8) is 0 Å². The second kappa shape index (κ2) is 10.3. The standard InChI is InChI=1S/C9H19NO4/c1-2-3-4-10-9(12)14-8-7-13-6-5-11/h11H,2-8H2,1H3,(H,10,12). The molecule has 0 atom stereocenters. The Bertz CT molecular complexity index is 141. The lowest BCUT2D eigenvalue weighted by Gasteiger charge is -2.06. The SMILES string of the molecule is CCCCNC(=O)OCCOCCO. The van der Waals surface area contributed by atoms with Gasteiger partial charge in [0, 0.05) is 6.54 Å². The minimum atomic E-state index is -0.411. The van der Waals surface area contributed by atoms with Crippen molar-refractivity contribution >= 4 is 6.09 Å². The van der Waals surface area contributed by atoms with Crippen LogP contribution in [0.15, 0.2) is 0 Å². The van der Waals surface area contributed by atoms with Gasteiger partial charge >= 0.3 is 6.09 Å². The number of carbonyl (C=O) groups excluding carboxylic acids is 1. The molecule has 0 spiro atoms. The summed E-state index contributed by atoms with van der Waals surface area (Å²) < 4.78 is 9.68. The number of nitrogens with one attached hydrogen (secondary N) is 1. The van der Waals surface area contributed by atoms with E-state index in [0.29, 0.717) is 13.2 Å². The number of rotatable bonds is 8. The number of alkyl carbamates (subject to hydrolysis) is 1. The zero-order valence-electron chi connectivity index (χ0n) is 8.62. The van der Waals surface area contributed by atoms with Crippen LogP contribution in [-0.4, -0.2) is 44.2 Å². The third kappa shape index (κ3) is 9.28. The molecule has 1 amide bonds. The van der Waals surface area contributed by atoms with Crippen LogP contribution in [0.2, 0.25) is 0 Å². The van der Waals surface area contributed by atoms with E-state index in [4.69, 9.17) is 14.6 Å². The zero-order chi connectivity index (χ0) is 10.6. The number of hydrogen-bond acceptors (Lipinski definition) is 4. The molecule has 5 nitrogen and oxygen atoms in total. The highest BCUT2D eigenvalue weighted by Crippen LogP contribution is 1.84. The number of ether oxygens (including phenoxy) is 2. The summed E-state index contributed by atoms with van der Waals surface area (Å²) in [5.41, 5.74) is 0. The molecule has 0 fully saturated rings. The van der Waals surface area contributed by atoms with Crippen LogP contribution >= 0.6 is 0 Å². The van der Waals surface area contributed by atoms with Gasteiger partial charge in [0.15, 0.2) is 0 Å². The number of hydrogen-bond donors (Lipinski definition) is 2. The summed E-state index contributed by atoms with van der Waals surface area (Å²) in [6, 6.07) is 0. The van der Waals surface area contributed by atoms with Crippen molar-refractivity contribution in [1.82, 2.24) is 5.32 Å². The molecule has 2 N–H and O–H groups in total. The van der Waals surface area contributed by atoms with E-state index in [1.807, 2.05) is 0 Å². The lowest BCUT2D eigenvalue weighted by Crippen LogP contribution is -2.26. The zero-order valence-corrected chi connectivity index (χ0v) is 8.62. The van der Waals surface area contributed by atoms with Crippen LogP contribution < -0.4 is 5.32 Å². The minimum Gasteiger partial charge on any atom is -0.447 e. The summed E-state index contributed by atoms with van der Waals surface area (Å²) in [6.45, 7) is 3.51. The van der Waals surface area contributed by atoms with Gasteiger partial charge in [0.05, 0.1) is 19.8 Å². The van der Waals surface area contributed by atoms with Crippen LogP contribution in [0.3, 0.4) is 0 Å². The van der Waals surface area contributed by atoms with Crippen LogP contribution in [0.5, 0.6) is 0 Å². The number of aliphatic hydroxyl groups excluding tert-OH is 1. The lowest BCUT2D eigenvalue weighted by molar-refractivity contribution is 0.0537. The fourth-order valence-electron chi connectivity index (χ4n) is 0.778. The van der Waals surface area contributed by atoms with Gasteiger partial charge in [-0.3, -0.25) is 0 Å².